The van der Waals surface area contributed by atoms with E-state index in [0.717, 1.165) is 36.8 Å². The van der Waals surface area contributed by atoms with Crippen LogP contribution in [0.5, 0.6) is 0 Å². The van der Waals surface area contributed by atoms with Crippen molar-refractivity contribution in [1.29, 1.82) is 0 Å². The van der Waals surface area contributed by atoms with Gasteiger partial charge < -0.3 is 10.2 Å². The van der Waals surface area contributed by atoms with Crippen molar-refractivity contribution < 1.29 is 31.2 Å². The molecule has 0 saturated heterocycles. The average molecular weight is 528 g/mol. The Balaban J connectivity index is 2.43. The maximum absolute atomic E-state index is 13.5. The van der Waals surface area contributed by atoms with E-state index in [4.69, 9.17) is 0 Å². The number of hydrogen-bond donors (Lipinski definition) is 1. The van der Waals surface area contributed by atoms with Crippen molar-refractivity contribution in [2.24, 2.45) is 0 Å². The number of benzene rings is 2. The predicted octanol–water partition coefficient (Wildman–Crippen LogP) is 4.20. The minimum atomic E-state index is -4.69. The van der Waals surface area contributed by atoms with Crippen molar-refractivity contribution in [2.45, 2.75) is 51.9 Å². The standard InChI is InChI=1S/C25H32F3N3O4S/c1-4-6-15-29-24(33)22(5-2)30(17-19-11-8-7-9-12-19)23(32)18-31(36(3,34)35)21-14-10-13-20(16-21)25(26,27)28/h7-14,16,22H,4-6,15,17-18H2,1-3H3,(H,29,33). The molecular weight excluding hydrogens is 495 g/mol. The molecule has 2 amide bonds. The summed E-state index contributed by atoms with van der Waals surface area (Å²) >= 11 is 0. The van der Waals surface area contributed by atoms with Gasteiger partial charge in [0, 0.05) is 13.1 Å². The summed E-state index contributed by atoms with van der Waals surface area (Å²) in [5, 5.41) is 2.81. The predicted molar refractivity (Wildman–Crippen MR) is 133 cm³/mol. The third-order valence-corrected chi connectivity index (χ3v) is 6.69. The first kappa shape index (κ1) is 29.2. The summed E-state index contributed by atoms with van der Waals surface area (Å²) in [6, 6.07) is 11.8. The zero-order valence-corrected chi connectivity index (χ0v) is 21.4. The van der Waals surface area contributed by atoms with Gasteiger partial charge in [-0.25, -0.2) is 8.42 Å². The number of sulfonamides is 1. The molecule has 0 spiro atoms. The molecule has 0 aliphatic heterocycles. The number of halogens is 3. The lowest BCUT2D eigenvalue weighted by Gasteiger charge is -2.33. The molecule has 0 fully saturated rings. The van der Waals surface area contributed by atoms with E-state index in [-0.39, 0.29) is 24.6 Å². The molecule has 7 nitrogen and oxygen atoms in total. The molecule has 1 unspecified atom stereocenters. The van der Waals surface area contributed by atoms with Crippen molar-refractivity contribution in [1.82, 2.24) is 10.2 Å². The lowest BCUT2D eigenvalue weighted by Crippen LogP contribution is -2.52. The van der Waals surface area contributed by atoms with Crippen LogP contribution in [0.1, 0.15) is 44.2 Å². The first-order valence-electron chi connectivity index (χ1n) is 11.6. The lowest BCUT2D eigenvalue weighted by atomic mass is 10.1. The molecule has 0 bridgehead atoms. The van der Waals surface area contributed by atoms with Gasteiger partial charge in [-0.1, -0.05) is 56.7 Å². The van der Waals surface area contributed by atoms with E-state index in [1.54, 1.807) is 37.3 Å². The Morgan fingerprint density at radius 3 is 2.25 bits per heavy atom. The monoisotopic (exact) mass is 527 g/mol. The maximum Gasteiger partial charge on any atom is 0.416 e. The van der Waals surface area contributed by atoms with Crippen molar-refractivity contribution in [2.75, 3.05) is 23.7 Å². The van der Waals surface area contributed by atoms with Gasteiger partial charge in [-0.05, 0) is 36.6 Å². The molecule has 0 heterocycles. The second kappa shape index (κ2) is 12.8. The van der Waals surface area contributed by atoms with Crippen LogP contribution in [0.3, 0.4) is 0 Å². The van der Waals surface area contributed by atoms with E-state index in [0.29, 0.717) is 16.9 Å². The highest BCUT2D eigenvalue weighted by Crippen LogP contribution is 2.32. The second-order valence-electron chi connectivity index (χ2n) is 8.39. The summed E-state index contributed by atoms with van der Waals surface area (Å²) < 4.78 is 65.5. The average Bonchev–Trinajstić information content (AvgIpc) is 2.82. The van der Waals surface area contributed by atoms with Gasteiger partial charge in [-0.2, -0.15) is 13.2 Å². The molecule has 2 rings (SSSR count). The van der Waals surface area contributed by atoms with E-state index in [2.05, 4.69) is 5.32 Å². The fourth-order valence-corrected chi connectivity index (χ4v) is 4.50. The Hall–Kier alpha value is -3.08. The van der Waals surface area contributed by atoms with Crippen LogP contribution in [-0.2, 0) is 32.3 Å². The van der Waals surface area contributed by atoms with Crippen LogP contribution >= 0.6 is 0 Å². The number of rotatable bonds is 12. The lowest BCUT2D eigenvalue weighted by molar-refractivity contribution is -0.140. The molecule has 1 atom stereocenters. The van der Waals surface area contributed by atoms with E-state index in [1.807, 2.05) is 6.92 Å². The fourth-order valence-electron chi connectivity index (χ4n) is 3.66. The number of carbonyl (C=O) groups excluding carboxylic acids is 2. The summed E-state index contributed by atoms with van der Waals surface area (Å²) in [5.41, 5.74) is -0.611. The van der Waals surface area contributed by atoms with Gasteiger partial charge in [0.05, 0.1) is 17.5 Å². The van der Waals surface area contributed by atoms with Gasteiger partial charge in [0.1, 0.15) is 12.6 Å². The Bertz CT molecular complexity index is 1120. The third kappa shape index (κ3) is 8.25. The first-order valence-corrected chi connectivity index (χ1v) is 13.5. The Morgan fingerprint density at radius 2 is 1.69 bits per heavy atom. The first-order chi connectivity index (χ1) is 16.9. The molecule has 2 aromatic rings. The molecule has 0 radical (unpaired) electrons. The molecule has 198 valence electrons. The Morgan fingerprint density at radius 1 is 1.03 bits per heavy atom. The number of alkyl halides is 3. The highest BCUT2D eigenvalue weighted by atomic mass is 32.2. The normalized spacial score (nSPS) is 12.6. The van der Waals surface area contributed by atoms with Crippen molar-refractivity contribution in [3.8, 4) is 0 Å². The highest BCUT2D eigenvalue weighted by Gasteiger charge is 2.34. The number of anilines is 1. The van der Waals surface area contributed by atoms with Crippen LogP contribution in [0.4, 0.5) is 18.9 Å². The van der Waals surface area contributed by atoms with Gasteiger partial charge >= 0.3 is 6.18 Å². The second-order valence-corrected chi connectivity index (χ2v) is 10.3. The van der Waals surface area contributed by atoms with E-state index in [1.165, 1.54) is 11.0 Å². The summed E-state index contributed by atoms with van der Waals surface area (Å²) in [4.78, 5) is 27.7. The van der Waals surface area contributed by atoms with E-state index in [9.17, 15) is 31.2 Å². The number of nitrogens with one attached hydrogen (secondary N) is 1. The van der Waals surface area contributed by atoms with Crippen LogP contribution in [0, 0.1) is 0 Å². The van der Waals surface area contributed by atoms with Gasteiger partial charge in [-0.15, -0.1) is 0 Å². The number of amides is 2. The van der Waals surface area contributed by atoms with E-state index >= 15 is 0 Å². The summed E-state index contributed by atoms with van der Waals surface area (Å²) in [6.45, 7) is 3.41. The van der Waals surface area contributed by atoms with Crippen LogP contribution < -0.4 is 9.62 Å². The van der Waals surface area contributed by atoms with Gasteiger partial charge in [0.25, 0.3) is 0 Å². The number of unbranched alkanes of at least 4 members (excludes halogenated alkanes) is 1. The van der Waals surface area contributed by atoms with Crippen molar-refractivity contribution in [3.63, 3.8) is 0 Å². The maximum atomic E-state index is 13.5. The molecule has 0 aliphatic carbocycles. The smallest absolute Gasteiger partial charge is 0.354 e. The molecule has 1 N–H and O–H groups in total. The molecule has 36 heavy (non-hydrogen) atoms. The molecule has 0 aromatic heterocycles. The van der Waals surface area contributed by atoms with Crippen LogP contribution in [0.2, 0.25) is 0 Å². The molecular formula is C25H32F3N3O4S. The molecule has 0 aliphatic rings. The summed E-state index contributed by atoms with van der Waals surface area (Å²) in [5.74, 6) is -1.08. The third-order valence-electron chi connectivity index (χ3n) is 5.55. The SMILES string of the molecule is CCCCNC(=O)C(CC)N(Cc1ccccc1)C(=O)CN(c1cccc(C(F)(F)F)c1)S(C)(=O)=O. The van der Waals surface area contributed by atoms with Gasteiger partial charge in [0.15, 0.2) is 0 Å². The van der Waals surface area contributed by atoms with Crippen molar-refractivity contribution >= 4 is 27.5 Å². The van der Waals surface area contributed by atoms with Crippen LogP contribution in [0.25, 0.3) is 0 Å². The zero-order chi connectivity index (χ0) is 26.9. The van der Waals surface area contributed by atoms with Gasteiger partial charge in [0.2, 0.25) is 21.8 Å². The zero-order valence-electron chi connectivity index (χ0n) is 20.6. The minimum absolute atomic E-state index is 0.0274. The molecule has 0 saturated carbocycles. The highest BCUT2D eigenvalue weighted by molar-refractivity contribution is 7.92. The number of nitrogens with zero attached hydrogens (tertiary/aromatic N) is 2. The van der Waals surface area contributed by atoms with Gasteiger partial charge in [-0.3, -0.25) is 13.9 Å². The Kier molecular flexibility index (Phi) is 10.3. The number of carbonyl (C=O) groups is 2. The Labute approximate surface area is 210 Å². The largest absolute Gasteiger partial charge is 0.416 e. The van der Waals surface area contributed by atoms with Crippen molar-refractivity contribution in [3.05, 3.63) is 65.7 Å². The summed E-state index contributed by atoms with van der Waals surface area (Å²) in [6.07, 6.45) is -1.99. The van der Waals surface area contributed by atoms with E-state index < -0.39 is 40.3 Å². The summed E-state index contributed by atoms with van der Waals surface area (Å²) in [7, 11) is -4.13. The number of hydrogen-bond acceptors (Lipinski definition) is 4. The quantitative estimate of drug-likeness (QED) is 0.420. The minimum Gasteiger partial charge on any atom is -0.354 e. The molecule has 2 aromatic carbocycles. The topological polar surface area (TPSA) is 86.8 Å². The van der Waals surface area contributed by atoms with Crippen LogP contribution in [0.15, 0.2) is 54.6 Å². The molecule has 11 heteroatoms. The van der Waals surface area contributed by atoms with Crippen LogP contribution in [-0.4, -0.2) is 50.5 Å². The fraction of sp³-hybridized carbons (Fsp3) is 0.440.